The van der Waals surface area contributed by atoms with Crippen LogP contribution in [0.3, 0.4) is 0 Å². The minimum Gasteiger partial charge on any atom is -0.454 e. The van der Waals surface area contributed by atoms with E-state index in [1.165, 1.54) is 32.1 Å². The van der Waals surface area contributed by atoms with Gasteiger partial charge in [-0.1, -0.05) is 64.2 Å². The van der Waals surface area contributed by atoms with Crippen LogP contribution in [0.1, 0.15) is 75.6 Å². The standard InChI is InChI=1S/C21H30O2/c1-3-5-6-7-8-9-10-14-18-20(15-4-2)23-21(22)19-16-12-11-13-17-19/h10-13,16-18,20H,3-9,15H2,1-2H3. The Labute approximate surface area is 141 Å². The van der Waals surface area contributed by atoms with Crippen LogP contribution < -0.4 is 0 Å². The van der Waals surface area contributed by atoms with Gasteiger partial charge in [-0.15, -0.1) is 5.73 Å². The lowest BCUT2D eigenvalue weighted by atomic mass is 10.1. The quantitative estimate of drug-likeness (QED) is 0.281. The zero-order chi connectivity index (χ0) is 16.8. The van der Waals surface area contributed by atoms with Crippen LogP contribution in [0.5, 0.6) is 0 Å². The fraction of sp³-hybridized carbons (Fsp3) is 0.524. The van der Waals surface area contributed by atoms with Crippen molar-refractivity contribution in [1.29, 1.82) is 0 Å². The van der Waals surface area contributed by atoms with Crippen LogP contribution in [0, 0.1) is 0 Å². The maximum atomic E-state index is 12.1. The van der Waals surface area contributed by atoms with E-state index in [0.29, 0.717) is 5.56 Å². The number of carbonyl (C=O) groups excluding carboxylic acids is 1. The Hall–Kier alpha value is -1.79. The van der Waals surface area contributed by atoms with E-state index in [1.54, 1.807) is 12.1 Å². The SMILES string of the molecule is CCCCCCCC=C=CC(CCC)OC(=O)c1ccccc1. The molecule has 1 rings (SSSR count). The van der Waals surface area contributed by atoms with Gasteiger partial charge >= 0.3 is 5.97 Å². The summed E-state index contributed by atoms with van der Waals surface area (Å²) in [6, 6.07) is 9.14. The fourth-order valence-electron chi connectivity index (χ4n) is 2.35. The summed E-state index contributed by atoms with van der Waals surface area (Å²) in [6.07, 6.45) is 13.0. The van der Waals surface area contributed by atoms with Gasteiger partial charge in [0.1, 0.15) is 6.10 Å². The Balaban J connectivity index is 2.41. The average molecular weight is 314 g/mol. The summed E-state index contributed by atoms with van der Waals surface area (Å²) in [5.41, 5.74) is 3.79. The highest BCUT2D eigenvalue weighted by Crippen LogP contribution is 2.09. The van der Waals surface area contributed by atoms with E-state index in [0.717, 1.165) is 19.3 Å². The number of hydrogen-bond acceptors (Lipinski definition) is 2. The Bertz CT molecular complexity index is 484. The van der Waals surface area contributed by atoms with E-state index >= 15 is 0 Å². The first kappa shape index (κ1) is 19.3. The lowest BCUT2D eigenvalue weighted by Crippen LogP contribution is -2.15. The van der Waals surface area contributed by atoms with Crippen LogP contribution in [0.25, 0.3) is 0 Å². The summed E-state index contributed by atoms with van der Waals surface area (Å²) in [5.74, 6) is -0.262. The number of benzene rings is 1. The molecule has 0 aromatic heterocycles. The zero-order valence-corrected chi connectivity index (χ0v) is 14.6. The number of ether oxygens (including phenoxy) is 1. The predicted molar refractivity (Wildman–Crippen MR) is 96.6 cm³/mol. The minimum absolute atomic E-state index is 0.191. The second-order valence-corrected chi connectivity index (χ2v) is 5.84. The van der Waals surface area contributed by atoms with Crippen LogP contribution >= 0.6 is 0 Å². The number of carbonyl (C=O) groups is 1. The third kappa shape index (κ3) is 9.05. The highest BCUT2D eigenvalue weighted by Gasteiger charge is 2.12. The molecule has 0 heterocycles. The molecule has 0 N–H and O–H groups in total. The molecule has 0 saturated heterocycles. The molecule has 0 spiro atoms. The van der Waals surface area contributed by atoms with Crippen molar-refractivity contribution in [3.63, 3.8) is 0 Å². The molecule has 0 saturated carbocycles. The van der Waals surface area contributed by atoms with Crippen molar-refractivity contribution in [3.05, 3.63) is 53.8 Å². The Morgan fingerprint density at radius 1 is 1.09 bits per heavy atom. The maximum Gasteiger partial charge on any atom is 0.338 e. The second-order valence-electron chi connectivity index (χ2n) is 5.84. The van der Waals surface area contributed by atoms with Crippen LogP contribution in [0.15, 0.2) is 48.2 Å². The highest BCUT2D eigenvalue weighted by molar-refractivity contribution is 5.89. The highest BCUT2D eigenvalue weighted by atomic mass is 16.5. The van der Waals surface area contributed by atoms with E-state index in [1.807, 2.05) is 24.3 Å². The van der Waals surface area contributed by atoms with Gasteiger partial charge < -0.3 is 4.74 Å². The molecule has 0 amide bonds. The van der Waals surface area contributed by atoms with Gasteiger partial charge in [-0.05, 0) is 43.5 Å². The molecular formula is C21H30O2. The van der Waals surface area contributed by atoms with Crippen LogP contribution in [-0.4, -0.2) is 12.1 Å². The smallest absolute Gasteiger partial charge is 0.338 e. The molecule has 0 fully saturated rings. The molecule has 2 heteroatoms. The van der Waals surface area contributed by atoms with Gasteiger partial charge in [0.05, 0.1) is 5.56 Å². The maximum absolute atomic E-state index is 12.1. The van der Waals surface area contributed by atoms with Gasteiger partial charge in [0.2, 0.25) is 0 Å². The fourth-order valence-corrected chi connectivity index (χ4v) is 2.35. The molecule has 1 atom stereocenters. The first-order chi connectivity index (χ1) is 11.3. The number of unbranched alkanes of at least 4 members (excludes halogenated alkanes) is 5. The summed E-state index contributed by atoms with van der Waals surface area (Å²) >= 11 is 0. The van der Waals surface area contributed by atoms with Crippen molar-refractivity contribution in [1.82, 2.24) is 0 Å². The van der Waals surface area contributed by atoms with Crippen molar-refractivity contribution < 1.29 is 9.53 Å². The van der Waals surface area contributed by atoms with Gasteiger partial charge in [-0.3, -0.25) is 0 Å². The van der Waals surface area contributed by atoms with Crippen molar-refractivity contribution in [2.24, 2.45) is 0 Å². The molecule has 23 heavy (non-hydrogen) atoms. The normalized spacial score (nSPS) is 11.4. The summed E-state index contributed by atoms with van der Waals surface area (Å²) in [7, 11) is 0. The van der Waals surface area contributed by atoms with Crippen molar-refractivity contribution in [3.8, 4) is 0 Å². The largest absolute Gasteiger partial charge is 0.454 e. The van der Waals surface area contributed by atoms with Gasteiger partial charge in [-0.25, -0.2) is 4.79 Å². The molecule has 0 bridgehead atoms. The first-order valence-corrected chi connectivity index (χ1v) is 8.95. The van der Waals surface area contributed by atoms with Gasteiger partial charge in [-0.2, -0.15) is 0 Å². The van der Waals surface area contributed by atoms with Crippen LogP contribution in [0.2, 0.25) is 0 Å². The Morgan fingerprint density at radius 3 is 2.52 bits per heavy atom. The molecule has 126 valence electrons. The van der Waals surface area contributed by atoms with Crippen molar-refractivity contribution >= 4 is 5.97 Å². The van der Waals surface area contributed by atoms with Crippen LogP contribution in [0.4, 0.5) is 0 Å². The molecular weight excluding hydrogens is 284 g/mol. The molecule has 1 aromatic carbocycles. The van der Waals surface area contributed by atoms with E-state index in [4.69, 9.17) is 4.74 Å². The summed E-state index contributed by atoms with van der Waals surface area (Å²) in [5, 5.41) is 0. The van der Waals surface area contributed by atoms with Crippen LogP contribution in [-0.2, 0) is 4.74 Å². The molecule has 2 nitrogen and oxygen atoms in total. The van der Waals surface area contributed by atoms with E-state index in [-0.39, 0.29) is 12.1 Å². The summed E-state index contributed by atoms with van der Waals surface area (Å²) in [4.78, 5) is 12.1. The first-order valence-electron chi connectivity index (χ1n) is 8.95. The average Bonchev–Trinajstić information content (AvgIpc) is 2.58. The number of esters is 1. The molecule has 0 aliphatic carbocycles. The van der Waals surface area contributed by atoms with E-state index < -0.39 is 0 Å². The molecule has 0 aliphatic heterocycles. The van der Waals surface area contributed by atoms with Gasteiger partial charge in [0, 0.05) is 0 Å². The summed E-state index contributed by atoms with van der Waals surface area (Å²) < 4.78 is 5.56. The zero-order valence-electron chi connectivity index (χ0n) is 14.6. The number of hydrogen-bond donors (Lipinski definition) is 0. The third-order valence-electron chi connectivity index (χ3n) is 3.69. The van der Waals surface area contributed by atoms with Crippen molar-refractivity contribution in [2.75, 3.05) is 0 Å². The van der Waals surface area contributed by atoms with Gasteiger partial charge in [0.25, 0.3) is 0 Å². The Kier molecular flexibility index (Phi) is 10.7. The van der Waals surface area contributed by atoms with E-state index in [2.05, 4.69) is 25.7 Å². The monoisotopic (exact) mass is 314 g/mol. The topological polar surface area (TPSA) is 26.3 Å². The van der Waals surface area contributed by atoms with Crippen molar-refractivity contribution in [2.45, 2.75) is 71.3 Å². The molecule has 1 unspecified atom stereocenters. The third-order valence-corrected chi connectivity index (χ3v) is 3.69. The summed E-state index contributed by atoms with van der Waals surface area (Å²) in [6.45, 7) is 4.32. The lowest BCUT2D eigenvalue weighted by molar-refractivity contribution is 0.0379. The molecule has 1 aromatic rings. The predicted octanol–water partition coefficient (Wildman–Crippen LogP) is 6.08. The molecule has 0 aliphatic rings. The second kappa shape index (κ2) is 12.7. The number of rotatable bonds is 11. The van der Waals surface area contributed by atoms with E-state index in [9.17, 15) is 4.79 Å². The lowest BCUT2D eigenvalue weighted by Gasteiger charge is -2.12. The Morgan fingerprint density at radius 2 is 1.83 bits per heavy atom. The van der Waals surface area contributed by atoms with Gasteiger partial charge in [0.15, 0.2) is 0 Å². The molecule has 0 radical (unpaired) electrons. The minimum atomic E-state index is -0.262.